The van der Waals surface area contributed by atoms with Crippen LogP contribution in [-0.4, -0.2) is 22.0 Å². The van der Waals surface area contributed by atoms with Gasteiger partial charge in [-0.3, -0.25) is 4.79 Å². The summed E-state index contributed by atoms with van der Waals surface area (Å²) in [5.74, 6) is -0.458. The molecule has 0 saturated carbocycles. The summed E-state index contributed by atoms with van der Waals surface area (Å²) in [6.45, 7) is 1.44. The Morgan fingerprint density at radius 1 is 1.45 bits per heavy atom. The molecule has 104 valence electrons. The summed E-state index contributed by atoms with van der Waals surface area (Å²) < 4.78 is 0. The number of aromatic nitrogens is 1. The second-order valence-corrected chi connectivity index (χ2v) is 5.85. The Morgan fingerprint density at radius 3 is 2.95 bits per heavy atom. The number of rotatable bonds is 5. The molecule has 2 aromatic rings. The van der Waals surface area contributed by atoms with Crippen LogP contribution in [0.5, 0.6) is 0 Å². The number of carbonyl (C=O) groups excluding carboxylic acids is 1. The summed E-state index contributed by atoms with van der Waals surface area (Å²) in [6.07, 6.45) is 0. The van der Waals surface area contributed by atoms with Gasteiger partial charge in [-0.1, -0.05) is 6.07 Å². The summed E-state index contributed by atoms with van der Waals surface area (Å²) >= 11 is 2.88. The summed E-state index contributed by atoms with van der Waals surface area (Å²) in [5.41, 5.74) is 1.12. The number of anilines is 1. The first-order chi connectivity index (χ1) is 9.54. The summed E-state index contributed by atoms with van der Waals surface area (Å²) in [6, 6.07) is 6.77. The molecule has 0 unspecified atom stereocenters. The van der Waals surface area contributed by atoms with Gasteiger partial charge >= 0.3 is 5.97 Å². The van der Waals surface area contributed by atoms with E-state index in [0.717, 1.165) is 10.6 Å². The van der Waals surface area contributed by atoms with Crippen LogP contribution < -0.4 is 5.32 Å². The smallest absolute Gasteiger partial charge is 0.335 e. The van der Waals surface area contributed by atoms with Gasteiger partial charge in [-0.05, 0) is 18.2 Å². The van der Waals surface area contributed by atoms with Crippen LogP contribution in [-0.2, 0) is 10.5 Å². The van der Waals surface area contributed by atoms with Crippen molar-refractivity contribution in [2.24, 2.45) is 0 Å². The first-order valence-corrected chi connectivity index (χ1v) is 7.59. The molecule has 0 atom stereocenters. The molecule has 7 heteroatoms. The number of carboxylic acids is 1. The number of aromatic carboxylic acids is 1. The van der Waals surface area contributed by atoms with E-state index in [1.807, 2.05) is 11.4 Å². The number of hydrogen-bond acceptors (Lipinski definition) is 5. The lowest BCUT2D eigenvalue weighted by Gasteiger charge is -2.01. The average Bonchev–Trinajstić information content (AvgIpc) is 2.83. The maximum absolute atomic E-state index is 10.9. The Kier molecular flexibility index (Phi) is 4.75. The molecule has 0 fully saturated rings. The first-order valence-electron chi connectivity index (χ1n) is 5.73. The molecule has 0 aliphatic rings. The lowest BCUT2D eigenvalue weighted by Crippen LogP contribution is -2.05. The fraction of sp³-hybridized carbons (Fsp3) is 0.154. The number of nitrogens with one attached hydrogen (secondary N) is 1. The minimum atomic E-state index is -0.936. The molecule has 0 bridgehead atoms. The number of thiazole rings is 1. The molecule has 5 nitrogen and oxygen atoms in total. The van der Waals surface area contributed by atoms with Crippen molar-refractivity contribution in [1.29, 1.82) is 0 Å². The van der Waals surface area contributed by atoms with E-state index in [4.69, 9.17) is 5.11 Å². The number of carbonyl (C=O) groups is 2. The van der Waals surface area contributed by atoms with Gasteiger partial charge in [0.15, 0.2) is 5.13 Å². The van der Waals surface area contributed by atoms with Crippen LogP contribution in [0.25, 0.3) is 0 Å². The van der Waals surface area contributed by atoms with Gasteiger partial charge in [0, 0.05) is 23.0 Å². The van der Waals surface area contributed by atoms with Gasteiger partial charge in [0.05, 0.1) is 11.3 Å². The van der Waals surface area contributed by atoms with Crippen molar-refractivity contribution in [1.82, 2.24) is 4.98 Å². The molecule has 2 N–H and O–H groups in total. The van der Waals surface area contributed by atoms with Gasteiger partial charge in [-0.15, -0.1) is 23.1 Å². The minimum absolute atomic E-state index is 0.146. The van der Waals surface area contributed by atoms with Crippen LogP contribution in [0.1, 0.15) is 23.0 Å². The third-order valence-electron chi connectivity index (χ3n) is 2.30. The molecule has 0 spiro atoms. The number of carboxylic acid groups (broad SMARTS) is 1. The summed E-state index contributed by atoms with van der Waals surface area (Å²) in [4.78, 5) is 26.9. The van der Waals surface area contributed by atoms with Crippen molar-refractivity contribution in [2.75, 3.05) is 5.32 Å². The lowest BCUT2D eigenvalue weighted by atomic mass is 10.2. The van der Waals surface area contributed by atoms with Gasteiger partial charge in [-0.2, -0.15) is 0 Å². The maximum Gasteiger partial charge on any atom is 0.335 e. The molecule has 0 radical (unpaired) electrons. The molecule has 0 aliphatic heterocycles. The van der Waals surface area contributed by atoms with Crippen molar-refractivity contribution < 1.29 is 14.7 Å². The molecule has 2 rings (SSSR count). The number of thioether (sulfide) groups is 1. The number of nitrogens with zero attached hydrogens (tertiary/aromatic N) is 1. The normalized spacial score (nSPS) is 10.2. The van der Waals surface area contributed by atoms with Crippen LogP contribution in [0.4, 0.5) is 5.13 Å². The van der Waals surface area contributed by atoms with E-state index in [1.54, 1.807) is 18.2 Å². The van der Waals surface area contributed by atoms with E-state index in [0.29, 0.717) is 10.9 Å². The van der Waals surface area contributed by atoms with Crippen LogP contribution in [0, 0.1) is 0 Å². The summed E-state index contributed by atoms with van der Waals surface area (Å²) in [5, 5.41) is 14.0. The monoisotopic (exact) mass is 308 g/mol. The van der Waals surface area contributed by atoms with Crippen LogP contribution in [0.2, 0.25) is 0 Å². The topological polar surface area (TPSA) is 79.3 Å². The standard InChI is InChI=1S/C13H12N2O3S2/c1-8(16)14-13-15-10(7-20-13)6-19-11-4-2-3-9(5-11)12(17)18/h2-5,7H,6H2,1H3,(H,17,18)(H,14,15,16). The van der Waals surface area contributed by atoms with E-state index in [-0.39, 0.29) is 11.5 Å². The zero-order chi connectivity index (χ0) is 14.5. The van der Waals surface area contributed by atoms with E-state index in [2.05, 4.69) is 10.3 Å². The first kappa shape index (κ1) is 14.5. The van der Waals surface area contributed by atoms with Crippen molar-refractivity contribution in [3.8, 4) is 0 Å². The highest BCUT2D eigenvalue weighted by Gasteiger charge is 2.06. The van der Waals surface area contributed by atoms with Gasteiger partial charge in [0.1, 0.15) is 0 Å². The van der Waals surface area contributed by atoms with Crippen molar-refractivity contribution in [2.45, 2.75) is 17.6 Å². The highest BCUT2D eigenvalue weighted by Crippen LogP contribution is 2.25. The predicted octanol–water partition coefficient (Wildman–Crippen LogP) is 3.09. The molecule has 1 heterocycles. The van der Waals surface area contributed by atoms with E-state index in [9.17, 15) is 9.59 Å². The Morgan fingerprint density at radius 2 is 2.25 bits per heavy atom. The molecule has 1 aromatic heterocycles. The van der Waals surface area contributed by atoms with Crippen molar-refractivity contribution in [3.63, 3.8) is 0 Å². The Hall–Kier alpha value is -1.86. The molecule has 1 amide bonds. The number of hydrogen-bond donors (Lipinski definition) is 2. The van der Waals surface area contributed by atoms with Gasteiger partial charge < -0.3 is 10.4 Å². The fourth-order valence-corrected chi connectivity index (χ4v) is 3.17. The van der Waals surface area contributed by atoms with Crippen LogP contribution >= 0.6 is 23.1 Å². The van der Waals surface area contributed by atoms with Crippen molar-refractivity contribution >= 4 is 40.1 Å². The molecular weight excluding hydrogens is 296 g/mol. The van der Waals surface area contributed by atoms with Crippen molar-refractivity contribution in [3.05, 3.63) is 40.9 Å². The molecule has 20 heavy (non-hydrogen) atoms. The number of benzene rings is 1. The van der Waals surface area contributed by atoms with Crippen LogP contribution in [0.3, 0.4) is 0 Å². The molecular formula is C13H12N2O3S2. The largest absolute Gasteiger partial charge is 0.478 e. The minimum Gasteiger partial charge on any atom is -0.478 e. The Labute approximate surface area is 124 Å². The Bertz CT molecular complexity index is 640. The predicted molar refractivity (Wildman–Crippen MR) is 79.4 cm³/mol. The third kappa shape index (κ3) is 4.07. The second-order valence-electron chi connectivity index (χ2n) is 3.95. The quantitative estimate of drug-likeness (QED) is 0.830. The van der Waals surface area contributed by atoms with E-state index < -0.39 is 5.97 Å². The Balaban J connectivity index is 1.98. The van der Waals surface area contributed by atoms with E-state index in [1.165, 1.54) is 30.0 Å². The zero-order valence-corrected chi connectivity index (χ0v) is 12.3. The SMILES string of the molecule is CC(=O)Nc1nc(CSc2cccc(C(=O)O)c2)cs1. The molecule has 0 aliphatic carbocycles. The molecule has 1 aromatic carbocycles. The number of amides is 1. The summed E-state index contributed by atoms with van der Waals surface area (Å²) in [7, 11) is 0. The molecule has 0 saturated heterocycles. The average molecular weight is 308 g/mol. The highest BCUT2D eigenvalue weighted by molar-refractivity contribution is 7.98. The third-order valence-corrected chi connectivity index (χ3v) is 4.14. The van der Waals surface area contributed by atoms with E-state index >= 15 is 0 Å². The maximum atomic E-state index is 10.9. The van der Waals surface area contributed by atoms with Gasteiger partial charge in [0.25, 0.3) is 0 Å². The van der Waals surface area contributed by atoms with Gasteiger partial charge in [-0.25, -0.2) is 9.78 Å². The lowest BCUT2D eigenvalue weighted by molar-refractivity contribution is -0.114. The highest BCUT2D eigenvalue weighted by atomic mass is 32.2. The fourth-order valence-electron chi connectivity index (χ4n) is 1.46. The van der Waals surface area contributed by atoms with Gasteiger partial charge in [0.2, 0.25) is 5.91 Å². The second kappa shape index (κ2) is 6.53. The van der Waals surface area contributed by atoms with Crippen LogP contribution in [0.15, 0.2) is 34.5 Å². The zero-order valence-electron chi connectivity index (χ0n) is 10.6.